The Bertz CT molecular complexity index is 557. The van der Waals surface area contributed by atoms with Crippen LogP contribution in [-0.4, -0.2) is 25.5 Å². The number of imidazole rings is 1. The fourth-order valence-electron chi connectivity index (χ4n) is 2.38. The van der Waals surface area contributed by atoms with E-state index in [2.05, 4.69) is 39.5 Å². The summed E-state index contributed by atoms with van der Waals surface area (Å²) in [5.41, 5.74) is 2.64. The Labute approximate surface area is 114 Å². The van der Waals surface area contributed by atoms with Crippen molar-refractivity contribution in [2.45, 2.75) is 38.9 Å². The molecule has 4 heteroatoms. The lowest BCUT2D eigenvalue weighted by Gasteiger charge is -2.22. The first kappa shape index (κ1) is 12.4. The molecule has 0 N–H and O–H groups in total. The molecule has 0 saturated heterocycles. The molecular formula is C15H20N4. The SMILES string of the molecule is Cc1cnccc1CN(Cc1nccn1C)C1CC1. The van der Waals surface area contributed by atoms with Gasteiger partial charge in [0.05, 0.1) is 6.54 Å². The second-order valence-electron chi connectivity index (χ2n) is 5.39. The highest BCUT2D eigenvalue weighted by atomic mass is 15.2. The summed E-state index contributed by atoms with van der Waals surface area (Å²) >= 11 is 0. The van der Waals surface area contributed by atoms with Gasteiger partial charge in [-0.05, 0) is 37.0 Å². The molecule has 4 nitrogen and oxygen atoms in total. The molecule has 0 atom stereocenters. The van der Waals surface area contributed by atoms with Crippen molar-refractivity contribution in [2.24, 2.45) is 7.05 Å². The summed E-state index contributed by atoms with van der Waals surface area (Å²) in [5.74, 6) is 1.14. The van der Waals surface area contributed by atoms with E-state index in [1.807, 2.05) is 24.8 Å². The van der Waals surface area contributed by atoms with Gasteiger partial charge in [-0.1, -0.05) is 0 Å². The average molecular weight is 256 g/mol. The van der Waals surface area contributed by atoms with E-state index in [1.54, 1.807) is 0 Å². The molecule has 2 aromatic rings. The van der Waals surface area contributed by atoms with Crippen molar-refractivity contribution in [3.8, 4) is 0 Å². The van der Waals surface area contributed by atoms with E-state index in [9.17, 15) is 0 Å². The van der Waals surface area contributed by atoms with Crippen molar-refractivity contribution in [3.63, 3.8) is 0 Å². The van der Waals surface area contributed by atoms with Crippen molar-refractivity contribution in [1.82, 2.24) is 19.4 Å². The number of aryl methyl sites for hydroxylation is 2. The molecule has 0 spiro atoms. The number of hydrogen-bond acceptors (Lipinski definition) is 3. The standard InChI is InChI=1S/C15H20N4/c1-12-9-16-6-5-13(12)10-19(14-3-4-14)11-15-17-7-8-18(15)2/h5-9,14H,3-4,10-11H2,1-2H3. The molecule has 0 unspecified atom stereocenters. The van der Waals surface area contributed by atoms with Crippen molar-refractivity contribution in [2.75, 3.05) is 0 Å². The third kappa shape index (κ3) is 2.84. The van der Waals surface area contributed by atoms with Gasteiger partial charge in [0.1, 0.15) is 5.82 Å². The lowest BCUT2D eigenvalue weighted by molar-refractivity contribution is 0.236. The van der Waals surface area contributed by atoms with Gasteiger partial charge in [0.15, 0.2) is 0 Å². The van der Waals surface area contributed by atoms with E-state index in [0.717, 1.165) is 25.0 Å². The first-order chi connectivity index (χ1) is 9.24. The predicted octanol–water partition coefficient (Wildman–Crippen LogP) is 2.29. The van der Waals surface area contributed by atoms with E-state index in [4.69, 9.17) is 0 Å². The van der Waals surface area contributed by atoms with Gasteiger partial charge < -0.3 is 4.57 Å². The fourth-order valence-corrected chi connectivity index (χ4v) is 2.38. The van der Waals surface area contributed by atoms with Crippen molar-refractivity contribution >= 4 is 0 Å². The van der Waals surface area contributed by atoms with Crippen LogP contribution >= 0.6 is 0 Å². The number of hydrogen-bond donors (Lipinski definition) is 0. The lowest BCUT2D eigenvalue weighted by Crippen LogP contribution is -2.26. The Hall–Kier alpha value is -1.68. The predicted molar refractivity (Wildman–Crippen MR) is 74.5 cm³/mol. The normalized spacial score (nSPS) is 15.1. The van der Waals surface area contributed by atoms with Gasteiger partial charge in [0.2, 0.25) is 0 Å². The zero-order chi connectivity index (χ0) is 13.2. The van der Waals surface area contributed by atoms with E-state index in [0.29, 0.717) is 0 Å². The van der Waals surface area contributed by atoms with Crippen LogP contribution in [0.2, 0.25) is 0 Å². The molecule has 3 rings (SSSR count). The number of rotatable bonds is 5. The second-order valence-corrected chi connectivity index (χ2v) is 5.39. The molecule has 2 heterocycles. The van der Waals surface area contributed by atoms with E-state index in [1.165, 1.54) is 24.0 Å². The van der Waals surface area contributed by atoms with Crippen LogP contribution in [0, 0.1) is 6.92 Å². The van der Waals surface area contributed by atoms with Crippen molar-refractivity contribution in [1.29, 1.82) is 0 Å². The summed E-state index contributed by atoms with van der Waals surface area (Å²) < 4.78 is 2.11. The molecule has 0 radical (unpaired) electrons. The second kappa shape index (κ2) is 5.13. The van der Waals surface area contributed by atoms with Gasteiger partial charge in [0.25, 0.3) is 0 Å². The zero-order valence-corrected chi connectivity index (χ0v) is 11.6. The van der Waals surface area contributed by atoms with Crippen LogP contribution < -0.4 is 0 Å². The average Bonchev–Trinajstić information content (AvgIpc) is 3.17. The Morgan fingerprint density at radius 2 is 2.16 bits per heavy atom. The Morgan fingerprint density at radius 3 is 2.79 bits per heavy atom. The van der Waals surface area contributed by atoms with Crippen LogP contribution in [0.25, 0.3) is 0 Å². The lowest BCUT2D eigenvalue weighted by atomic mass is 10.1. The molecule has 2 aromatic heterocycles. The highest BCUT2D eigenvalue weighted by Crippen LogP contribution is 2.29. The molecule has 1 aliphatic rings. The Kier molecular flexibility index (Phi) is 3.34. The molecule has 0 amide bonds. The van der Waals surface area contributed by atoms with Gasteiger partial charge in [-0.25, -0.2) is 4.98 Å². The van der Waals surface area contributed by atoms with Crippen LogP contribution in [0.3, 0.4) is 0 Å². The first-order valence-corrected chi connectivity index (χ1v) is 6.84. The monoisotopic (exact) mass is 256 g/mol. The zero-order valence-electron chi connectivity index (χ0n) is 11.6. The summed E-state index contributed by atoms with van der Waals surface area (Å²) in [6, 6.07) is 2.85. The smallest absolute Gasteiger partial charge is 0.122 e. The van der Waals surface area contributed by atoms with E-state index >= 15 is 0 Å². The van der Waals surface area contributed by atoms with Crippen LogP contribution in [0.15, 0.2) is 30.9 Å². The minimum absolute atomic E-state index is 0.726. The van der Waals surface area contributed by atoms with Crippen molar-refractivity contribution < 1.29 is 0 Å². The Morgan fingerprint density at radius 1 is 1.32 bits per heavy atom. The van der Waals surface area contributed by atoms with E-state index < -0.39 is 0 Å². The summed E-state index contributed by atoms with van der Waals surface area (Å²) in [6.45, 7) is 4.05. The van der Waals surface area contributed by atoms with Crippen molar-refractivity contribution in [3.05, 3.63) is 47.8 Å². The van der Waals surface area contributed by atoms with Gasteiger partial charge in [-0.3, -0.25) is 9.88 Å². The maximum absolute atomic E-state index is 4.44. The van der Waals surface area contributed by atoms with Gasteiger partial charge >= 0.3 is 0 Å². The molecule has 1 fully saturated rings. The quantitative estimate of drug-likeness (QED) is 0.823. The molecular weight excluding hydrogens is 236 g/mol. The molecule has 0 aromatic carbocycles. The van der Waals surface area contributed by atoms with Crippen LogP contribution in [-0.2, 0) is 20.1 Å². The molecule has 0 aliphatic heterocycles. The highest BCUT2D eigenvalue weighted by molar-refractivity contribution is 5.21. The minimum Gasteiger partial charge on any atom is -0.337 e. The maximum Gasteiger partial charge on any atom is 0.122 e. The maximum atomic E-state index is 4.44. The summed E-state index contributed by atoms with van der Waals surface area (Å²) in [5, 5.41) is 0. The topological polar surface area (TPSA) is 34.0 Å². The van der Waals surface area contributed by atoms with Crippen LogP contribution in [0.1, 0.15) is 29.8 Å². The van der Waals surface area contributed by atoms with Crippen LogP contribution in [0.4, 0.5) is 0 Å². The summed E-state index contributed by atoms with van der Waals surface area (Å²) in [4.78, 5) is 11.1. The fraction of sp³-hybridized carbons (Fsp3) is 0.467. The first-order valence-electron chi connectivity index (χ1n) is 6.84. The molecule has 1 saturated carbocycles. The Balaban J connectivity index is 1.75. The van der Waals surface area contributed by atoms with Gasteiger partial charge in [-0.2, -0.15) is 0 Å². The van der Waals surface area contributed by atoms with E-state index in [-0.39, 0.29) is 0 Å². The summed E-state index contributed by atoms with van der Waals surface area (Å²) in [7, 11) is 2.06. The largest absolute Gasteiger partial charge is 0.337 e. The highest BCUT2D eigenvalue weighted by Gasteiger charge is 2.29. The number of pyridine rings is 1. The molecule has 100 valence electrons. The summed E-state index contributed by atoms with van der Waals surface area (Å²) in [6.07, 6.45) is 10.3. The van der Waals surface area contributed by atoms with Crippen LogP contribution in [0.5, 0.6) is 0 Å². The molecule has 1 aliphatic carbocycles. The molecule has 0 bridgehead atoms. The third-order valence-electron chi connectivity index (χ3n) is 3.84. The number of aromatic nitrogens is 3. The van der Waals surface area contributed by atoms with Gasteiger partial charge in [-0.15, -0.1) is 0 Å². The van der Waals surface area contributed by atoms with Gasteiger partial charge in [0, 0.05) is 44.4 Å². The minimum atomic E-state index is 0.726. The molecule has 19 heavy (non-hydrogen) atoms. The number of nitrogens with zero attached hydrogens (tertiary/aromatic N) is 4. The third-order valence-corrected chi connectivity index (χ3v) is 3.84.